The van der Waals surface area contributed by atoms with Crippen LogP contribution in [0.3, 0.4) is 0 Å². The van der Waals surface area contributed by atoms with Crippen LogP contribution in [0.2, 0.25) is 0 Å². The molecular weight excluding hydrogens is 272 g/mol. The standard InChI is InChI=1S/C10H16N4O2S2/c1-2-18(15,16)14-6-4-8-9(14)3-5-13(8)10-12-11-7-17-10/h7-9H,2-6H2,1H3/t8-,9+/m0/s1. The highest BCUT2D eigenvalue weighted by molar-refractivity contribution is 7.89. The second-order valence-corrected chi connectivity index (χ2v) is 7.66. The monoisotopic (exact) mass is 288 g/mol. The smallest absolute Gasteiger partial charge is 0.214 e. The minimum atomic E-state index is -3.07. The first kappa shape index (κ1) is 12.3. The molecule has 0 radical (unpaired) electrons. The molecule has 0 amide bonds. The minimum absolute atomic E-state index is 0.124. The van der Waals surface area contributed by atoms with Crippen LogP contribution in [-0.2, 0) is 10.0 Å². The molecule has 100 valence electrons. The Morgan fingerprint density at radius 3 is 2.83 bits per heavy atom. The summed E-state index contributed by atoms with van der Waals surface area (Å²) in [6.07, 6.45) is 1.78. The molecule has 0 aliphatic carbocycles. The van der Waals surface area contributed by atoms with Crippen LogP contribution in [0.25, 0.3) is 0 Å². The van der Waals surface area contributed by atoms with Gasteiger partial charge in [-0.1, -0.05) is 11.3 Å². The van der Waals surface area contributed by atoms with Crippen LogP contribution in [0.1, 0.15) is 19.8 Å². The second kappa shape index (κ2) is 4.43. The zero-order valence-electron chi connectivity index (χ0n) is 10.2. The van der Waals surface area contributed by atoms with Crippen molar-refractivity contribution in [2.75, 3.05) is 23.7 Å². The average molecular weight is 288 g/mol. The molecule has 0 bridgehead atoms. The van der Waals surface area contributed by atoms with Gasteiger partial charge in [-0.3, -0.25) is 0 Å². The highest BCUT2D eigenvalue weighted by atomic mass is 32.2. The molecule has 0 spiro atoms. The van der Waals surface area contributed by atoms with E-state index in [4.69, 9.17) is 0 Å². The third kappa shape index (κ3) is 1.83. The van der Waals surface area contributed by atoms with Crippen molar-refractivity contribution in [1.29, 1.82) is 0 Å². The van der Waals surface area contributed by atoms with Crippen molar-refractivity contribution in [3.63, 3.8) is 0 Å². The Hall–Kier alpha value is -0.730. The van der Waals surface area contributed by atoms with Crippen molar-refractivity contribution in [2.24, 2.45) is 0 Å². The molecule has 0 saturated carbocycles. The van der Waals surface area contributed by atoms with Crippen LogP contribution in [0.4, 0.5) is 5.13 Å². The highest BCUT2D eigenvalue weighted by Gasteiger charge is 2.47. The largest absolute Gasteiger partial charge is 0.342 e. The van der Waals surface area contributed by atoms with Crippen molar-refractivity contribution < 1.29 is 8.42 Å². The maximum Gasteiger partial charge on any atom is 0.214 e. The Morgan fingerprint density at radius 1 is 1.39 bits per heavy atom. The Morgan fingerprint density at radius 2 is 2.17 bits per heavy atom. The third-order valence-electron chi connectivity index (χ3n) is 3.84. The van der Waals surface area contributed by atoms with Gasteiger partial charge in [0.2, 0.25) is 15.2 Å². The molecule has 1 aromatic heterocycles. The van der Waals surface area contributed by atoms with Gasteiger partial charge in [-0.15, -0.1) is 10.2 Å². The molecule has 0 unspecified atom stereocenters. The quantitative estimate of drug-likeness (QED) is 0.812. The number of nitrogens with zero attached hydrogens (tertiary/aromatic N) is 4. The van der Waals surface area contributed by atoms with E-state index in [0.717, 1.165) is 24.5 Å². The van der Waals surface area contributed by atoms with Gasteiger partial charge >= 0.3 is 0 Å². The van der Waals surface area contributed by atoms with E-state index < -0.39 is 10.0 Å². The van der Waals surface area contributed by atoms with Crippen molar-refractivity contribution in [2.45, 2.75) is 31.8 Å². The van der Waals surface area contributed by atoms with Gasteiger partial charge in [0.25, 0.3) is 0 Å². The number of sulfonamides is 1. The summed E-state index contributed by atoms with van der Waals surface area (Å²) in [5.74, 6) is 0.190. The van der Waals surface area contributed by atoms with Crippen molar-refractivity contribution >= 4 is 26.5 Å². The molecule has 2 atom stereocenters. The van der Waals surface area contributed by atoms with Crippen LogP contribution in [-0.4, -0.2) is 53.8 Å². The first-order valence-electron chi connectivity index (χ1n) is 6.16. The molecule has 2 aliphatic rings. The maximum absolute atomic E-state index is 12.0. The topological polar surface area (TPSA) is 66.4 Å². The van der Waals surface area contributed by atoms with Gasteiger partial charge in [-0.25, -0.2) is 8.42 Å². The minimum Gasteiger partial charge on any atom is -0.342 e. The number of aromatic nitrogens is 2. The lowest BCUT2D eigenvalue weighted by atomic mass is 10.1. The van der Waals surface area contributed by atoms with Gasteiger partial charge in [-0.2, -0.15) is 4.31 Å². The Bertz CT molecular complexity index is 516. The van der Waals surface area contributed by atoms with E-state index in [-0.39, 0.29) is 17.8 Å². The highest BCUT2D eigenvalue weighted by Crippen LogP contribution is 2.36. The van der Waals surface area contributed by atoms with E-state index in [1.165, 1.54) is 11.3 Å². The van der Waals surface area contributed by atoms with E-state index in [1.807, 2.05) is 0 Å². The summed E-state index contributed by atoms with van der Waals surface area (Å²) in [5, 5.41) is 8.87. The Labute approximate surface area is 111 Å². The summed E-state index contributed by atoms with van der Waals surface area (Å²) >= 11 is 1.52. The van der Waals surface area contributed by atoms with E-state index in [2.05, 4.69) is 15.1 Å². The van der Waals surface area contributed by atoms with Crippen LogP contribution in [0.5, 0.6) is 0 Å². The molecule has 18 heavy (non-hydrogen) atoms. The molecule has 2 saturated heterocycles. The van der Waals surface area contributed by atoms with Crippen molar-refractivity contribution in [3.8, 4) is 0 Å². The predicted octanol–water partition coefficient (Wildman–Crippen LogP) is 0.541. The zero-order valence-corrected chi connectivity index (χ0v) is 11.8. The van der Waals surface area contributed by atoms with Crippen LogP contribution in [0.15, 0.2) is 5.51 Å². The summed E-state index contributed by atoms with van der Waals surface area (Å²) in [6.45, 7) is 3.22. The van der Waals surface area contributed by atoms with Gasteiger partial charge in [0.05, 0.1) is 5.75 Å². The SMILES string of the molecule is CCS(=O)(=O)N1CC[C@H]2[C@H]1CCN2c1nncs1. The first-order valence-corrected chi connectivity index (χ1v) is 8.64. The average Bonchev–Trinajstić information content (AvgIpc) is 3.04. The van der Waals surface area contributed by atoms with E-state index in [9.17, 15) is 8.42 Å². The molecule has 2 fully saturated rings. The lowest BCUT2D eigenvalue weighted by molar-refractivity contribution is 0.389. The lowest BCUT2D eigenvalue weighted by Crippen LogP contribution is -2.40. The fourth-order valence-corrected chi connectivity index (χ4v) is 5.01. The first-order chi connectivity index (χ1) is 8.63. The van der Waals surface area contributed by atoms with Gasteiger partial charge in [0, 0.05) is 25.2 Å². The molecule has 8 heteroatoms. The number of anilines is 1. The Kier molecular flexibility index (Phi) is 3.03. The van der Waals surface area contributed by atoms with Gasteiger partial charge in [-0.05, 0) is 19.8 Å². The predicted molar refractivity (Wildman–Crippen MR) is 70.2 cm³/mol. The summed E-state index contributed by atoms with van der Waals surface area (Å²) in [6, 6.07) is 0.401. The summed E-state index contributed by atoms with van der Waals surface area (Å²) in [7, 11) is -3.07. The fraction of sp³-hybridized carbons (Fsp3) is 0.800. The normalized spacial score (nSPS) is 28.8. The number of hydrogen-bond donors (Lipinski definition) is 0. The van der Waals surface area contributed by atoms with E-state index in [1.54, 1.807) is 16.7 Å². The lowest BCUT2D eigenvalue weighted by Gasteiger charge is -2.24. The van der Waals surface area contributed by atoms with Gasteiger partial charge in [0.1, 0.15) is 5.51 Å². The molecule has 3 heterocycles. The molecular formula is C10H16N4O2S2. The molecule has 0 aromatic carbocycles. The van der Waals surface area contributed by atoms with E-state index >= 15 is 0 Å². The van der Waals surface area contributed by atoms with E-state index in [0.29, 0.717) is 6.54 Å². The maximum atomic E-state index is 12.0. The van der Waals surface area contributed by atoms with Crippen molar-refractivity contribution in [3.05, 3.63) is 5.51 Å². The second-order valence-electron chi connectivity index (χ2n) is 4.64. The number of fused-ring (bicyclic) bond motifs is 1. The number of rotatable bonds is 3. The number of hydrogen-bond acceptors (Lipinski definition) is 6. The molecule has 6 nitrogen and oxygen atoms in total. The van der Waals surface area contributed by atoms with Crippen molar-refractivity contribution in [1.82, 2.24) is 14.5 Å². The summed E-state index contributed by atoms with van der Waals surface area (Å²) in [4.78, 5) is 2.22. The molecule has 2 aliphatic heterocycles. The zero-order chi connectivity index (χ0) is 12.8. The summed E-state index contributed by atoms with van der Waals surface area (Å²) < 4.78 is 25.7. The Balaban J connectivity index is 1.83. The van der Waals surface area contributed by atoms with Gasteiger partial charge < -0.3 is 4.90 Å². The molecule has 3 rings (SSSR count). The third-order valence-corrected chi connectivity index (χ3v) is 6.47. The molecule has 0 N–H and O–H groups in total. The molecule has 1 aromatic rings. The summed E-state index contributed by atoms with van der Waals surface area (Å²) in [5.41, 5.74) is 1.72. The van der Waals surface area contributed by atoms with Gasteiger partial charge in [0.15, 0.2) is 0 Å². The van der Waals surface area contributed by atoms with Crippen LogP contribution >= 0.6 is 11.3 Å². The van der Waals surface area contributed by atoms with Crippen LogP contribution in [0, 0.1) is 0 Å². The van der Waals surface area contributed by atoms with Crippen LogP contribution < -0.4 is 4.90 Å². The fourth-order valence-electron chi connectivity index (χ4n) is 2.99.